The molecule has 0 unspecified atom stereocenters. The fourth-order valence-corrected chi connectivity index (χ4v) is 1.73. The highest BCUT2D eigenvalue weighted by Crippen LogP contribution is 2.43. The van der Waals surface area contributed by atoms with Gasteiger partial charge in [0.2, 0.25) is 0 Å². The molecule has 1 nitrogen and oxygen atoms in total. The highest BCUT2D eigenvalue weighted by Gasteiger charge is 2.35. The van der Waals surface area contributed by atoms with Crippen LogP contribution in [0.15, 0.2) is 10.5 Å². The Morgan fingerprint density at radius 2 is 1.71 bits per heavy atom. The SMILES string of the molecule is Nc1c(Cl)c(Br)cc(C(F)(F)F)c1Cl. The van der Waals surface area contributed by atoms with E-state index in [4.69, 9.17) is 28.9 Å². The summed E-state index contributed by atoms with van der Waals surface area (Å²) in [7, 11) is 0. The molecule has 0 spiro atoms. The Labute approximate surface area is 96.1 Å². The van der Waals surface area contributed by atoms with Gasteiger partial charge in [0.25, 0.3) is 0 Å². The maximum absolute atomic E-state index is 12.3. The molecule has 2 N–H and O–H groups in total. The van der Waals surface area contributed by atoms with Crippen molar-refractivity contribution in [1.82, 2.24) is 0 Å². The van der Waals surface area contributed by atoms with Crippen molar-refractivity contribution in [3.63, 3.8) is 0 Å². The zero-order valence-electron chi connectivity index (χ0n) is 6.42. The number of alkyl halides is 3. The fourth-order valence-electron chi connectivity index (χ4n) is 0.830. The van der Waals surface area contributed by atoms with Crippen LogP contribution in [0.5, 0.6) is 0 Å². The molecule has 7 heteroatoms. The molecule has 14 heavy (non-hydrogen) atoms. The molecule has 0 aliphatic heterocycles. The predicted octanol–water partition coefficient (Wildman–Crippen LogP) is 4.36. The molecule has 1 aromatic carbocycles. The number of hydrogen-bond donors (Lipinski definition) is 1. The van der Waals surface area contributed by atoms with E-state index in [1.807, 2.05) is 0 Å². The summed E-state index contributed by atoms with van der Waals surface area (Å²) in [5, 5.41) is -0.603. The molecule has 0 aliphatic rings. The number of anilines is 1. The van der Waals surface area contributed by atoms with E-state index in [0.29, 0.717) is 0 Å². The van der Waals surface area contributed by atoms with Crippen LogP contribution >= 0.6 is 39.1 Å². The molecule has 78 valence electrons. The smallest absolute Gasteiger partial charge is 0.396 e. The number of rotatable bonds is 0. The van der Waals surface area contributed by atoms with Gasteiger partial charge in [-0.3, -0.25) is 0 Å². The third-order valence-corrected chi connectivity index (χ3v) is 3.16. The van der Waals surface area contributed by atoms with Crippen LogP contribution in [-0.4, -0.2) is 0 Å². The minimum atomic E-state index is -4.54. The average molecular weight is 309 g/mol. The number of hydrogen-bond acceptors (Lipinski definition) is 1. The largest absolute Gasteiger partial charge is 0.417 e. The van der Waals surface area contributed by atoms with E-state index in [-0.39, 0.29) is 15.2 Å². The van der Waals surface area contributed by atoms with E-state index >= 15 is 0 Å². The van der Waals surface area contributed by atoms with Crippen molar-refractivity contribution < 1.29 is 13.2 Å². The summed E-state index contributed by atoms with van der Waals surface area (Å²) in [6.45, 7) is 0. The molecule has 0 radical (unpaired) electrons. The lowest BCUT2D eigenvalue weighted by atomic mass is 10.2. The molecule has 0 amide bonds. The van der Waals surface area contributed by atoms with E-state index in [9.17, 15) is 13.2 Å². The summed E-state index contributed by atoms with van der Waals surface area (Å²) in [5.74, 6) is 0. The van der Waals surface area contributed by atoms with Gasteiger partial charge in [-0.2, -0.15) is 13.2 Å². The number of benzene rings is 1. The lowest BCUT2D eigenvalue weighted by Gasteiger charge is -2.12. The maximum Gasteiger partial charge on any atom is 0.417 e. The summed E-state index contributed by atoms with van der Waals surface area (Å²) in [5.41, 5.74) is 4.00. The second kappa shape index (κ2) is 3.79. The van der Waals surface area contributed by atoms with Gasteiger partial charge in [-0.05, 0) is 22.0 Å². The van der Waals surface area contributed by atoms with Gasteiger partial charge in [0.05, 0.1) is 21.3 Å². The van der Waals surface area contributed by atoms with Crippen molar-refractivity contribution >= 4 is 44.8 Å². The second-order valence-electron chi connectivity index (χ2n) is 2.45. The van der Waals surface area contributed by atoms with Crippen LogP contribution in [0.2, 0.25) is 10.0 Å². The van der Waals surface area contributed by atoms with Gasteiger partial charge in [0, 0.05) is 4.47 Å². The minimum absolute atomic E-state index is 0.0250. The molecule has 0 heterocycles. The molecular weight excluding hydrogens is 306 g/mol. The monoisotopic (exact) mass is 307 g/mol. The lowest BCUT2D eigenvalue weighted by molar-refractivity contribution is -0.137. The van der Waals surface area contributed by atoms with Crippen molar-refractivity contribution in [1.29, 1.82) is 0 Å². The first-order valence-electron chi connectivity index (χ1n) is 3.25. The first-order chi connectivity index (χ1) is 6.25. The average Bonchev–Trinajstić information content (AvgIpc) is 2.06. The highest BCUT2D eigenvalue weighted by atomic mass is 79.9. The van der Waals surface area contributed by atoms with Gasteiger partial charge in [-0.15, -0.1) is 0 Å². The Bertz CT molecular complexity index is 378. The molecule has 1 rings (SSSR count). The zero-order valence-corrected chi connectivity index (χ0v) is 9.52. The van der Waals surface area contributed by atoms with Crippen LogP contribution in [-0.2, 0) is 6.18 Å². The Morgan fingerprint density at radius 1 is 1.21 bits per heavy atom. The summed E-state index contributed by atoms with van der Waals surface area (Å²) >= 11 is 13.8. The van der Waals surface area contributed by atoms with Gasteiger partial charge in [-0.1, -0.05) is 23.2 Å². The summed E-state index contributed by atoms with van der Waals surface area (Å²) in [6, 6.07) is 0.793. The van der Waals surface area contributed by atoms with Crippen LogP contribution in [0.25, 0.3) is 0 Å². The lowest BCUT2D eigenvalue weighted by Crippen LogP contribution is -2.07. The predicted molar refractivity (Wildman–Crippen MR) is 53.6 cm³/mol. The normalized spacial score (nSPS) is 11.9. The molecule has 0 fully saturated rings. The van der Waals surface area contributed by atoms with Crippen molar-refractivity contribution in [3.05, 3.63) is 26.1 Å². The van der Waals surface area contributed by atoms with Crippen molar-refractivity contribution in [2.75, 3.05) is 5.73 Å². The van der Waals surface area contributed by atoms with Crippen molar-refractivity contribution in [3.8, 4) is 0 Å². The van der Waals surface area contributed by atoms with Gasteiger partial charge in [0.1, 0.15) is 0 Å². The molecule has 0 aromatic heterocycles. The Hall–Kier alpha value is -0.130. The Kier molecular flexibility index (Phi) is 3.23. The van der Waals surface area contributed by atoms with Gasteiger partial charge in [0.15, 0.2) is 0 Å². The maximum atomic E-state index is 12.3. The quantitative estimate of drug-likeness (QED) is 0.559. The first-order valence-corrected chi connectivity index (χ1v) is 4.80. The van der Waals surface area contributed by atoms with Crippen LogP contribution in [0.4, 0.5) is 18.9 Å². The number of nitrogens with two attached hydrogens (primary N) is 1. The van der Waals surface area contributed by atoms with E-state index in [1.54, 1.807) is 0 Å². The molecule has 0 aliphatic carbocycles. The third-order valence-electron chi connectivity index (χ3n) is 1.50. The molecule has 0 atom stereocenters. The molecule has 0 saturated heterocycles. The van der Waals surface area contributed by atoms with Crippen molar-refractivity contribution in [2.45, 2.75) is 6.18 Å². The standard InChI is InChI=1S/C7H3BrCl2F3N/c8-3-1-2(7(11,12)13)4(9)6(14)5(3)10/h1H,14H2. The van der Waals surface area contributed by atoms with Crippen LogP contribution < -0.4 is 5.73 Å². The molecular formula is C7H3BrCl2F3N. The van der Waals surface area contributed by atoms with Gasteiger partial charge in [-0.25, -0.2) is 0 Å². The van der Waals surface area contributed by atoms with Gasteiger partial charge >= 0.3 is 6.18 Å². The van der Waals surface area contributed by atoms with Crippen molar-refractivity contribution in [2.24, 2.45) is 0 Å². The van der Waals surface area contributed by atoms with Gasteiger partial charge < -0.3 is 5.73 Å². The first kappa shape index (κ1) is 11.9. The second-order valence-corrected chi connectivity index (χ2v) is 4.06. The third kappa shape index (κ3) is 2.10. The van der Waals surface area contributed by atoms with Crippen LogP contribution in [0, 0.1) is 0 Å². The fraction of sp³-hybridized carbons (Fsp3) is 0.143. The molecule has 1 aromatic rings. The number of halogens is 6. The minimum Gasteiger partial charge on any atom is -0.396 e. The summed E-state index contributed by atoms with van der Waals surface area (Å²) < 4.78 is 37.1. The summed E-state index contributed by atoms with van der Waals surface area (Å²) in [4.78, 5) is 0. The van der Waals surface area contributed by atoms with E-state index < -0.39 is 16.8 Å². The van der Waals surface area contributed by atoms with E-state index in [2.05, 4.69) is 15.9 Å². The molecule has 0 saturated carbocycles. The summed E-state index contributed by atoms with van der Waals surface area (Å²) in [6.07, 6.45) is -4.54. The number of nitrogen functional groups attached to an aromatic ring is 1. The van der Waals surface area contributed by atoms with Crippen LogP contribution in [0.3, 0.4) is 0 Å². The van der Waals surface area contributed by atoms with E-state index in [1.165, 1.54) is 0 Å². The highest BCUT2D eigenvalue weighted by molar-refractivity contribution is 9.10. The Balaban J connectivity index is 3.49. The van der Waals surface area contributed by atoms with E-state index in [0.717, 1.165) is 6.07 Å². The Morgan fingerprint density at radius 3 is 2.14 bits per heavy atom. The van der Waals surface area contributed by atoms with Crippen LogP contribution in [0.1, 0.15) is 5.56 Å². The topological polar surface area (TPSA) is 26.0 Å². The zero-order chi connectivity index (χ0) is 11.1. The molecule has 0 bridgehead atoms.